The van der Waals surface area contributed by atoms with E-state index in [2.05, 4.69) is 29.2 Å². The summed E-state index contributed by atoms with van der Waals surface area (Å²) >= 11 is 0. The molecule has 0 aromatic heterocycles. The molecule has 1 atom stereocenters. The molecule has 1 saturated heterocycles. The molecule has 0 bridgehead atoms. The van der Waals surface area contributed by atoms with Crippen LogP contribution in [0.25, 0.3) is 0 Å². The van der Waals surface area contributed by atoms with E-state index in [-0.39, 0.29) is 5.75 Å². The van der Waals surface area contributed by atoms with Crippen molar-refractivity contribution in [2.24, 2.45) is 0 Å². The van der Waals surface area contributed by atoms with Gasteiger partial charge in [0, 0.05) is 18.7 Å². The second-order valence-electron chi connectivity index (χ2n) is 5.38. The number of para-hydroxylation sites is 1. The number of hydrogen-bond donors (Lipinski definition) is 1. The summed E-state index contributed by atoms with van der Waals surface area (Å²) in [6.07, 6.45) is 1.11. The minimum absolute atomic E-state index is 0.212. The number of rotatable bonds is 3. The lowest BCUT2D eigenvalue weighted by molar-refractivity contribution is 0.317. The van der Waals surface area contributed by atoms with Crippen LogP contribution >= 0.6 is 0 Å². The summed E-state index contributed by atoms with van der Waals surface area (Å²) < 4.78 is 13.3. The highest BCUT2D eigenvalue weighted by molar-refractivity contribution is 5.33. The lowest BCUT2D eigenvalue weighted by Crippen LogP contribution is -2.19. The first-order valence-electron chi connectivity index (χ1n) is 6.97. The number of phenolic OH excluding ortho intramolecular Hbond substituents is 1. The van der Waals surface area contributed by atoms with Crippen molar-refractivity contribution < 1.29 is 9.50 Å². The van der Waals surface area contributed by atoms with E-state index < -0.39 is 5.82 Å². The lowest BCUT2D eigenvalue weighted by Gasteiger charge is -2.17. The minimum Gasteiger partial charge on any atom is -0.505 e. The molecule has 1 aliphatic heterocycles. The molecule has 20 heavy (non-hydrogen) atoms. The van der Waals surface area contributed by atoms with Crippen LogP contribution in [0.5, 0.6) is 5.75 Å². The number of nitrogens with zero attached hydrogens (tertiary/aromatic N) is 1. The van der Waals surface area contributed by atoms with Crippen LogP contribution in [-0.4, -0.2) is 23.1 Å². The van der Waals surface area contributed by atoms with Crippen LogP contribution < -0.4 is 0 Å². The summed E-state index contributed by atoms with van der Waals surface area (Å²) in [5.74, 6) is -0.219. The maximum absolute atomic E-state index is 13.3. The summed E-state index contributed by atoms with van der Waals surface area (Å²) in [6, 6.07) is 15.2. The van der Waals surface area contributed by atoms with Crippen molar-refractivity contribution in [1.82, 2.24) is 4.90 Å². The Balaban J connectivity index is 1.68. The Bertz CT molecular complexity index is 585. The van der Waals surface area contributed by atoms with Gasteiger partial charge >= 0.3 is 0 Å². The van der Waals surface area contributed by atoms with Crippen LogP contribution in [0.3, 0.4) is 0 Å². The number of halogens is 1. The first-order chi connectivity index (χ1) is 9.74. The molecule has 2 aromatic rings. The van der Waals surface area contributed by atoms with Gasteiger partial charge in [-0.1, -0.05) is 42.5 Å². The zero-order valence-corrected chi connectivity index (χ0v) is 11.3. The van der Waals surface area contributed by atoms with E-state index in [1.54, 1.807) is 12.1 Å². The number of hydrogen-bond acceptors (Lipinski definition) is 2. The van der Waals surface area contributed by atoms with Crippen molar-refractivity contribution in [3.05, 3.63) is 65.5 Å². The fraction of sp³-hybridized carbons (Fsp3) is 0.294. The van der Waals surface area contributed by atoms with Gasteiger partial charge in [0.15, 0.2) is 11.6 Å². The molecule has 0 spiro atoms. The van der Waals surface area contributed by atoms with Crippen LogP contribution in [0.15, 0.2) is 48.5 Å². The van der Waals surface area contributed by atoms with Crippen LogP contribution in [-0.2, 0) is 6.54 Å². The molecular weight excluding hydrogens is 253 g/mol. The molecule has 1 heterocycles. The maximum Gasteiger partial charge on any atom is 0.165 e. The van der Waals surface area contributed by atoms with Gasteiger partial charge in [-0.05, 0) is 30.5 Å². The second-order valence-corrected chi connectivity index (χ2v) is 5.38. The topological polar surface area (TPSA) is 23.5 Å². The molecule has 2 aromatic carbocycles. The van der Waals surface area contributed by atoms with Crippen molar-refractivity contribution in [3.8, 4) is 5.75 Å². The molecule has 2 nitrogen and oxygen atoms in total. The summed E-state index contributed by atoms with van der Waals surface area (Å²) in [4.78, 5) is 2.27. The molecule has 0 aliphatic carbocycles. The van der Waals surface area contributed by atoms with Crippen molar-refractivity contribution in [2.45, 2.75) is 18.9 Å². The van der Waals surface area contributed by atoms with Gasteiger partial charge in [0.2, 0.25) is 0 Å². The second kappa shape index (κ2) is 5.63. The third-order valence-electron chi connectivity index (χ3n) is 4.01. The van der Waals surface area contributed by atoms with E-state index >= 15 is 0 Å². The fourth-order valence-corrected chi connectivity index (χ4v) is 2.90. The predicted molar refractivity (Wildman–Crippen MR) is 77.1 cm³/mol. The Morgan fingerprint density at radius 3 is 2.70 bits per heavy atom. The normalized spacial score (nSPS) is 19.4. The third kappa shape index (κ3) is 2.68. The standard InChI is InChI=1S/C17H18FNO/c18-16-8-4-7-15(17(16)20)12-19-10-9-14(11-19)13-5-2-1-3-6-13/h1-8,14,20H,9-12H2. The van der Waals surface area contributed by atoms with Gasteiger partial charge in [0.25, 0.3) is 0 Å². The van der Waals surface area contributed by atoms with Crippen LogP contribution in [0, 0.1) is 5.82 Å². The van der Waals surface area contributed by atoms with Crippen LogP contribution in [0.1, 0.15) is 23.5 Å². The maximum atomic E-state index is 13.3. The largest absolute Gasteiger partial charge is 0.505 e. The summed E-state index contributed by atoms with van der Waals surface area (Å²) in [5, 5.41) is 9.74. The zero-order chi connectivity index (χ0) is 13.9. The molecule has 1 N–H and O–H groups in total. The minimum atomic E-state index is -0.540. The first-order valence-corrected chi connectivity index (χ1v) is 6.97. The highest BCUT2D eigenvalue weighted by atomic mass is 19.1. The summed E-state index contributed by atoms with van der Waals surface area (Å²) in [7, 11) is 0. The Labute approximate surface area is 118 Å². The number of phenols is 1. The van der Waals surface area contributed by atoms with Crippen molar-refractivity contribution in [3.63, 3.8) is 0 Å². The quantitative estimate of drug-likeness (QED) is 0.923. The molecule has 3 heteroatoms. The Morgan fingerprint density at radius 2 is 1.90 bits per heavy atom. The highest BCUT2D eigenvalue weighted by Crippen LogP contribution is 2.30. The van der Waals surface area contributed by atoms with E-state index in [0.717, 1.165) is 19.5 Å². The Morgan fingerprint density at radius 1 is 1.10 bits per heavy atom. The number of benzene rings is 2. The molecule has 1 unspecified atom stereocenters. The molecule has 1 fully saturated rings. The number of aromatic hydroxyl groups is 1. The molecule has 1 aliphatic rings. The van der Waals surface area contributed by atoms with Crippen molar-refractivity contribution in [2.75, 3.05) is 13.1 Å². The van der Waals surface area contributed by atoms with E-state index in [0.29, 0.717) is 18.0 Å². The lowest BCUT2D eigenvalue weighted by atomic mass is 9.99. The molecule has 104 valence electrons. The average Bonchev–Trinajstić information content (AvgIpc) is 2.93. The van der Waals surface area contributed by atoms with E-state index in [9.17, 15) is 9.50 Å². The van der Waals surface area contributed by atoms with E-state index in [4.69, 9.17) is 0 Å². The molecule has 3 rings (SSSR count). The SMILES string of the molecule is Oc1c(F)cccc1CN1CCC(c2ccccc2)C1. The highest BCUT2D eigenvalue weighted by Gasteiger charge is 2.24. The monoisotopic (exact) mass is 271 g/mol. The molecule has 0 amide bonds. The molecular formula is C17H18FNO. The van der Waals surface area contributed by atoms with Crippen LogP contribution in [0.4, 0.5) is 4.39 Å². The van der Waals surface area contributed by atoms with Gasteiger partial charge < -0.3 is 5.11 Å². The fourth-order valence-electron chi connectivity index (χ4n) is 2.90. The van der Waals surface area contributed by atoms with Gasteiger partial charge in [-0.3, -0.25) is 4.90 Å². The zero-order valence-electron chi connectivity index (χ0n) is 11.3. The average molecular weight is 271 g/mol. The van der Waals surface area contributed by atoms with Crippen LogP contribution in [0.2, 0.25) is 0 Å². The van der Waals surface area contributed by atoms with Gasteiger partial charge in [-0.25, -0.2) is 4.39 Å². The van der Waals surface area contributed by atoms with Crippen molar-refractivity contribution >= 4 is 0 Å². The smallest absolute Gasteiger partial charge is 0.165 e. The third-order valence-corrected chi connectivity index (χ3v) is 4.01. The van der Waals surface area contributed by atoms with Gasteiger partial charge in [0.05, 0.1) is 0 Å². The molecule has 0 saturated carbocycles. The Kier molecular flexibility index (Phi) is 3.70. The van der Waals surface area contributed by atoms with Gasteiger partial charge in [-0.2, -0.15) is 0 Å². The van der Waals surface area contributed by atoms with Gasteiger partial charge in [-0.15, -0.1) is 0 Å². The number of likely N-dealkylation sites (tertiary alicyclic amines) is 1. The molecule has 0 radical (unpaired) electrons. The van der Waals surface area contributed by atoms with E-state index in [1.165, 1.54) is 11.6 Å². The van der Waals surface area contributed by atoms with Crippen molar-refractivity contribution in [1.29, 1.82) is 0 Å². The first kappa shape index (κ1) is 13.1. The van der Waals surface area contributed by atoms with E-state index in [1.807, 2.05) is 6.07 Å². The Hall–Kier alpha value is -1.87. The summed E-state index contributed by atoms with van der Waals surface area (Å²) in [6.45, 7) is 2.54. The van der Waals surface area contributed by atoms with Gasteiger partial charge in [0.1, 0.15) is 0 Å². The summed E-state index contributed by atoms with van der Waals surface area (Å²) in [5.41, 5.74) is 2.03. The predicted octanol–water partition coefficient (Wildman–Crippen LogP) is 3.52.